The topological polar surface area (TPSA) is 38.3 Å². The van der Waals surface area contributed by atoms with Gasteiger partial charge < -0.3 is 10.1 Å². The largest absolute Gasteiger partial charge is 0.484 e. The van der Waals surface area contributed by atoms with Crippen molar-refractivity contribution in [1.29, 1.82) is 0 Å². The van der Waals surface area contributed by atoms with Gasteiger partial charge in [0, 0.05) is 0 Å². The van der Waals surface area contributed by atoms with E-state index in [9.17, 15) is 4.79 Å². The summed E-state index contributed by atoms with van der Waals surface area (Å²) in [5, 5.41) is 3.02. The van der Waals surface area contributed by atoms with Crippen LogP contribution in [0.25, 0.3) is 0 Å². The summed E-state index contributed by atoms with van der Waals surface area (Å²) in [6, 6.07) is 14.6. The van der Waals surface area contributed by atoms with Crippen LogP contribution in [0.1, 0.15) is 68.8 Å². The van der Waals surface area contributed by atoms with Gasteiger partial charge in [-0.25, -0.2) is 0 Å². The molecule has 1 amide bonds. The molecule has 0 saturated heterocycles. The van der Waals surface area contributed by atoms with Gasteiger partial charge in [0.2, 0.25) is 0 Å². The Morgan fingerprint density at radius 2 is 1.70 bits per heavy atom. The monoisotopic (exact) mass is 365 g/mol. The molecule has 0 bridgehead atoms. The second-order valence-electron chi connectivity index (χ2n) is 8.59. The van der Waals surface area contributed by atoms with Crippen LogP contribution in [0, 0.1) is 0 Å². The van der Waals surface area contributed by atoms with E-state index in [1.54, 1.807) is 0 Å². The van der Waals surface area contributed by atoms with Gasteiger partial charge >= 0.3 is 0 Å². The second-order valence-corrected chi connectivity index (χ2v) is 8.59. The zero-order valence-corrected chi connectivity index (χ0v) is 17.0. The number of amides is 1. The first-order valence-electron chi connectivity index (χ1n) is 9.97. The van der Waals surface area contributed by atoms with Gasteiger partial charge in [-0.15, -0.1) is 0 Å². The van der Waals surface area contributed by atoms with Crippen molar-refractivity contribution in [2.45, 2.75) is 64.8 Å². The second kappa shape index (κ2) is 8.16. The summed E-state index contributed by atoms with van der Waals surface area (Å²) in [4.78, 5) is 12.3. The Morgan fingerprint density at radius 1 is 1.04 bits per heavy atom. The molecule has 27 heavy (non-hydrogen) atoms. The fourth-order valence-corrected chi connectivity index (χ4v) is 3.59. The third-order valence-corrected chi connectivity index (χ3v) is 5.34. The van der Waals surface area contributed by atoms with Gasteiger partial charge in [-0.3, -0.25) is 4.79 Å². The van der Waals surface area contributed by atoms with E-state index in [1.807, 2.05) is 13.0 Å². The van der Waals surface area contributed by atoms with Crippen molar-refractivity contribution in [2.24, 2.45) is 0 Å². The van der Waals surface area contributed by atoms with Crippen LogP contribution in [0.15, 0.2) is 42.5 Å². The predicted molar refractivity (Wildman–Crippen MR) is 110 cm³/mol. The van der Waals surface area contributed by atoms with Gasteiger partial charge in [0.05, 0.1) is 6.04 Å². The Balaban J connectivity index is 1.53. The Kier molecular flexibility index (Phi) is 5.88. The van der Waals surface area contributed by atoms with Crippen molar-refractivity contribution < 1.29 is 9.53 Å². The molecule has 1 aliphatic carbocycles. The van der Waals surface area contributed by atoms with Crippen LogP contribution in [0.3, 0.4) is 0 Å². The van der Waals surface area contributed by atoms with Crippen LogP contribution in [-0.2, 0) is 23.1 Å². The fourth-order valence-electron chi connectivity index (χ4n) is 3.59. The minimum Gasteiger partial charge on any atom is -0.484 e. The highest BCUT2D eigenvalue weighted by atomic mass is 16.5. The molecule has 0 saturated carbocycles. The fraction of sp³-hybridized carbons (Fsp3) is 0.458. The van der Waals surface area contributed by atoms with E-state index in [1.165, 1.54) is 29.5 Å². The van der Waals surface area contributed by atoms with Crippen LogP contribution in [0.5, 0.6) is 5.75 Å². The van der Waals surface area contributed by atoms with Crippen molar-refractivity contribution >= 4 is 5.91 Å². The molecule has 0 unspecified atom stereocenters. The predicted octanol–water partition coefficient (Wildman–Crippen LogP) is 5.12. The molecule has 0 spiro atoms. The van der Waals surface area contributed by atoms with Crippen molar-refractivity contribution in [3.05, 3.63) is 64.7 Å². The summed E-state index contributed by atoms with van der Waals surface area (Å²) in [6.07, 6.45) is 4.77. The Bertz CT molecular complexity index is 787. The molecule has 0 aliphatic heterocycles. The van der Waals surface area contributed by atoms with Gasteiger partial charge in [0.15, 0.2) is 6.61 Å². The summed E-state index contributed by atoms with van der Waals surface area (Å²) in [7, 11) is 0. The van der Waals surface area contributed by atoms with E-state index in [2.05, 4.69) is 62.5 Å². The maximum absolute atomic E-state index is 12.3. The molecule has 0 fully saturated rings. The molecule has 1 N–H and O–H groups in total. The van der Waals surface area contributed by atoms with Crippen LogP contribution in [0.4, 0.5) is 0 Å². The lowest BCUT2D eigenvalue weighted by Gasteiger charge is -2.21. The van der Waals surface area contributed by atoms with Crippen molar-refractivity contribution in [3.63, 3.8) is 0 Å². The normalized spacial score (nSPS) is 15.0. The molecule has 2 aromatic rings. The summed E-state index contributed by atoms with van der Waals surface area (Å²) < 4.78 is 5.72. The molecule has 144 valence electrons. The maximum Gasteiger partial charge on any atom is 0.258 e. The molecule has 0 heterocycles. The van der Waals surface area contributed by atoms with Crippen LogP contribution in [-0.4, -0.2) is 12.5 Å². The molecule has 1 atom stereocenters. The number of hydrogen-bond donors (Lipinski definition) is 1. The number of nitrogens with one attached hydrogen (secondary N) is 1. The number of benzene rings is 2. The zero-order valence-electron chi connectivity index (χ0n) is 17.0. The Labute approximate surface area is 163 Å². The molecule has 0 radical (unpaired) electrons. The molecule has 0 aromatic heterocycles. The van der Waals surface area contributed by atoms with Crippen LogP contribution >= 0.6 is 0 Å². The van der Waals surface area contributed by atoms with Gasteiger partial charge in [0.1, 0.15) is 5.75 Å². The summed E-state index contributed by atoms with van der Waals surface area (Å²) in [5.41, 5.74) is 5.32. The van der Waals surface area contributed by atoms with E-state index in [-0.39, 0.29) is 24.0 Å². The maximum atomic E-state index is 12.3. The first-order valence-corrected chi connectivity index (χ1v) is 9.97. The number of ether oxygens (including phenoxy) is 1. The van der Waals surface area contributed by atoms with Gasteiger partial charge in [0.25, 0.3) is 5.91 Å². The lowest BCUT2D eigenvalue weighted by Crippen LogP contribution is -2.31. The standard InChI is InChI=1S/C24H31NO2/c1-17(18-9-12-21(13-10-18)24(2,3)4)25-23(26)16-27-22-14-11-19-7-5-6-8-20(19)15-22/h9-15,17H,5-8,16H2,1-4H3,(H,25,26)/t17-/m1/s1. The number of carbonyl (C=O) groups is 1. The molecule has 3 heteroatoms. The van der Waals surface area contributed by atoms with E-state index in [0.29, 0.717) is 0 Å². The van der Waals surface area contributed by atoms with E-state index < -0.39 is 0 Å². The van der Waals surface area contributed by atoms with E-state index in [0.717, 1.165) is 24.2 Å². The third-order valence-electron chi connectivity index (χ3n) is 5.34. The average molecular weight is 366 g/mol. The van der Waals surface area contributed by atoms with E-state index >= 15 is 0 Å². The van der Waals surface area contributed by atoms with Crippen molar-refractivity contribution in [2.75, 3.05) is 6.61 Å². The zero-order chi connectivity index (χ0) is 19.4. The SMILES string of the molecule is C[C@@H](NC(=O)COc1ccc2c(c1)CCCC2)c1ccc(C(C)(C)C)cc1. The summed E-state index contributed by atoms with van der Waals surface area (Å²) in [6.45, 7) is 8.65. The van der Waals surface area contributed by atoms with Crippen LogP contribution < -0.4 is 10.1 Å². The van der Waals surface area contributed by atoms with Gasteiger partial charge in [-0.1, -0.05) is 51.1 Å². The number of fused-ring (bicyclic) bond motifs is 1. The first kappa shape index (κ1) is 19.5. The first-order chi connectivity index (χ1) is 12.8. The number of aryl methyl sites for hydroxylation is 2. The molecule has 3 nitrogen and oxygen atoms in total. The Hall–Kier alpha value is -2.29. The van der Waals surface area contributed by atoms with E-state index in [4.69, 9.17) is 4.74 Å². The molecule has 1 aliphatic rings. The summed E-state index contributed by atoms with van der Waals surface area (Å²) in [5.74, 6) is 0.688. The minimum absolute atomic E-state index is 0.0429. The van der Waals surface area contributed by atoms with Crippen molar-refractivity contribution in [1.82, 2.24) is 5.32 Å². The lowest BCUT2D eigenvalue weighted by atomic mass is 9.86. The highest BCUT2D eigenvalue weighted by Crippen LogP contribution is 2.26. The quantitative estimate of drug-likeness (QED) is 0.799. The molecular formula is C24H31NO2. The molecule has 2 aromatic carbocycles. The highest BCUT2D eigenvalue weighted by molar-refractivity contribution is 5.78. The smallest absolute Gasteiger partial charge is 0.258 e. The van der Waals surface area contributed by atoms with Crippen LogP contribution in [0.2, 0.25) is 0 Å². The van der Waals surface area contributed by atoms with Gasteiger partial charge in [-0.05, 0) is 72.4 Å². The minimum atomic E-state index is -0.0971. The lowest BCUT2D eigenvalue weighted by molar-refractivity contribution is -0.123. The number of rotatable bonds is 5. The third kappa shape index (κ3) is 5.12. The molecular weight excluding hydrogens is 334 g/mol. The highest BCUT2D eigenvalue weighted by Gasteiger charge is 2.15. The van der Waals surface area contributed by atoms with Crippen molar-refractivity contribution in [3.8, 4) is 5.75 Å². The Morgan fingerprint density at radius 3 is 2.37 bits per heavy atom. The number of carbonyl (C=O) groups excluding carboxylic acids is 1. The molecule has 3 rings (SSSR count). The summed E-state index contributed by atoms with van der Waals surface area (Å²) >= 11 is 0. The average Bonchev–Trinajstić information content (AvgIpc) is 2.65. The van der Waals surface area contributed by atoms with Gasteiger partial charge in [-0.2, -0.15) is 0 Å². The number of hydrogen-bond acceptors (Lipinski definition) is 2.